The molecule has 1 heterocycles. The number of thiocarbonyl (C=S) groups is 1. The van der Waals surface area contributed by atoms with Crippen LogP contribution in [0.4, 0.5) is 19.0 Å². The van der Waals surface area contributed by atoms with Crippen molar-refractivity contribution in [2.75, 3.05) is 24.6 Å². The maximum Gasteiger partial charge on any atom is 0.433 e. The minimum absolute atomic E-state index is 0.0275. The van der Waals surface area contributed by atoms with Crippen molar-refractivity contribution in [2.24, 2.45) is 5.73 Å². The highest BCUT2D eigenvalue weighted by molar-refractivity contribution is 7.80. The molecular formula is C12H16F3N3OS. The molecule has 0 saturated carbocycles. The topological polar surface area (TPSA) is 62.4 Å². The summed E-state index contributed by atoms with van der Waals surface area (Å²) in [5.41, 5.74) is 4.79. The van der Waals surface area contributed by atoms with E-state index in [9.17, 15) is 13.2 Å². The molecule has 4 nitrogen and oxygen atoms in total. The highest BCUT2D eigenvalue weighted by Crippen LogP contribution is 2.30. The van der Waals surface area contributed by atoms with Crippen molar-refractivity contribution < 1.29 is 18.3 Å². The molecule has 0 spiro atoms. The number of aliphatic hydroxyl groups excluding tert-OH is 1. The van der Waals surface area contributed by atoms with Gasteiger partial charge in [-0.15, -0.1) is 0 Å². The zero-order valence-corrected chi connectivity index (χ0v) is 11.8. The molecule has 3 N–H and O–H groups in total. The fraction of sp³-hybridized carbons (Fsp3) is 0.500. The van der Waals surface area contributed by atoms with Gasteiger partial charge in [0.15, 0.2) is 0 Å². The van der Waals surface area contributed by atoms with Crippen LogP contribution in [0.25, 0.3) is 0 Å². The third-order valence-corrected chi connectivity index (χ3v) is 2.81. The molecule has 0 aliphatic heterocycles. The minimum atomic E-state index is -4.54. The molecule has 0 aromatic carbocycles. The first-order valence-corrected chi connectivity index (χ1v) is 6.46. The molecule has 1 aromatic rings. The molecule has 0 saturated heterocycles. The van der Waals surface area contributed by atoms with Gasteiger partial charge in [0.2, 0.25) is 0 Å². The van der Waals surface area contributed by atoms with Crippen LogP contribution in [-0.4, -0.2) is 34.8 Å². The van der Waals surface area contributed by atoms with Crippen LogP contribution in [0.2, 0.25) is 0 Å². The highest BCUT2D eigenvalue weighted by atomic mass is 32.1. The Hall–Kier alpha value is -1.41. The van der Waals surface area contributed by atoms with Gasteiger partial charge in [-0.3, -0.25) is 0 Å². The first-order chi connectivity index (χ1) is 9.31. The van der Waals surface area contributed by atoms with Crippen LogP contribution in [0.15, 0.2) is 12.1 Å². The molecule has 1 rings (SSSR count). The zero-order chi connectivity index (χ0) is 15.3. The predicted molar refractivity (Wildman–Crippen MR) is 74.7 cm³/mol. The number of rotatable bonds is 6. The molecule has 0 fully saturated rings. The number of alkyl halides is 3. The van der Waals surface area contributed by atoms with Gasteiger partial charge < -0.3 is 15.7 Å². The summed E-state index contributed by atoms with van der Waals surface area (Å²) in [7, 11) is 0. The fourth-order valence-electron chi connectivity index (χ4n) is 1.75. The minimum Gasteiger partial charge on any atom is -0.395 e. The summed E-state index contributed by atoms with van der Waals surface area (Å²) in [6.07, 6.45) is -3.85. The lowest BCUT2D eigenvalue weighted by Gasteiger charge is -2.25. The molecule has 0 aliphatic rings. The lowest BCUT2D eigenvalue weighted by atomic mass is 10.2. The van der Waals surface area contributed by atoms with E-state index >= 15 is 0 Å². The van der Waals surface area contributed by atoms with E-state index in [1.165, 1.54) is 6.07 Å². The van der Waals surface area contributed by atoms with Crippen molar-refractivity contribution in [2.45, 2.75) is 19.5 Å². The first-order valence-electron chi connectivity index (χ1n) is 6.05. The van der Waals surface area contributed by atoms with Crippen molar-refractivity contribution in [3.63, 3.8) is 0 Å². The van der Waals surface area contributed by atoms with Crippen molar-refractivity contribution in [3.05, 3.63) is 23.4 Å². The van der Waals surface area contributed by atoms with Crippen LogP contribution in [0, 0.1) is 0 Å². The Labute approximate surface area is 120 Å². The summed E-state index contributed by atoms with van der Waals surface area (Å²) < 4.78 is 38.2. The van der Waals surface area contributed by atoms with Gasteiger partial charge in [0.1, 0.15) is 16.5 Å². The second-order valence-electron chi connectivity index (χ2n) is 4.14. The van der Waals surface area contributed by atoms with Crippen LogP contribution >= 0.6 is 12.2 Å². The Bertz CT molecular complexity index is 474. The lowest BCUT2D eigenvalue weighted by Crippen LogP contribution is -2.31. The summed E-state index contributed by atoms with van der Waals surface area (Å²) >= 11 is 4.84. The second kappa shape index (κ2) is 6.85. The summed E-state index contributed by atoms with van der Waals surface area (Å²) in [4.78, 5) is 5.14. The van der Waals surface area contributed by atoms with E-state index in [1.54, 1.807) is 4.90 Å². The van der Waals surface area contributed by atoms with Gasteiger partial charge in [0, 0.05) is 13.1 Å². The molecule has 0 aliphatic carbocycles. The van der Waals surface area contributed by atoms with E-state index in [1.807, 2.05) is 6.92 Å². The summed E-state index contributed by atoms with van der Waals surface area (Å²) in [6.45, 7) is 2.29. The molecule has 0 amide bonds. The van der Waals surface area contributed by atoms with Gasteiger partial charge >= 0.3 is 6.18 Å². The van der Waals surface area contributed by atoms with Crippen LogP contribution in [0.1, 0.15) is 24.6 Å². The third-order valence-electron chi connectivity index (χ3n) is 2.59. The second-order valence-corrected chi connectivity index (χ2v) is 4.58. The van der Waals surface area contributed by atoms with Gasteiger partial charge in [0.25, 0.3) is 0 Å². The Morgan fingerprint density at radius 3 is 2.50 bits per heavy atom. The Kier molecular flexibility index (Phi) is 5.70. The van der Waals surface area contributed by atoms with Crippen molar-refractivity contribution in [1.82, 2.24) is 4.98 Å². The maximum atomic E-state index is 12.7. The molecular weight excluding hydrogens is 291 g/mol. The quantitative estimate of drug-likeness (QED) is 0.787. The average molecular weight is 307 g/mol. The zero-order valence-electron chi connectivity index (χ0n) is 10.9. The van der Waals surface area contributed by atoms with Gasteiger partial charge in [0.05, 0.1) is 12.2 Å². The molecule has 0 unspecified atom stereocenters. The lowest BCUT2D eigenvalue weighted by molar-refractivity contribution is -0.141. The van der Waals surface area contributed by atoms with Crippen molar-refractivity contribution in [1.29, 1.82) is 0 Å². The predicted octanol–water partition coefficient (Wildman–Crippen LogP) is 1.94. The Balaban J connectivity index is 3.33. The molecule has 0 atom stereocenters. The average Bonchev–Trinajstić information content (AvgIpc) is 2.36. The molecule has 8 heteroatoms. The molecule has 20 heavy (non-hydrogen) atoms. The number of aromatic nitrogens is 1. The Morgan fingerprint density at radius 2 is 2.05 bits per heavy atom. The van der Waals surface area contributed by atoms with Gasteiger partial charge in [-0.2, -0.15) is 13.2 Å². The van der Waals surface area contributed by atoms with E-state index in [0.29, 0.717) is 13.0 Å². The molecule has 112 valence electrons. The Morgan fingerprint density at radius 1 is 1.40 bits per heavy atom. The number of hydrogen-bond acceptors (Lipinski definition) is 4. The third kappa shape index (κ3) is 4.04. The normalized spacial score (nSPS) is 11.4. The van der Waals surface area contributed by atoms with Crippen molar-refractivity contribution in [3.8, 4) is 0 Å². The smallest absolute Gasteiger partial charge is 0.395 e. The molecule has 0 radical (unpaired) electrons. The van der Waals surface area contributed by atoms with Crippen LogP contribution < -0.4 is 10.6 Å². The van der Waals surface area contributed by atoms with E-state index in [4.69, 9.17) is 23.1 Å². The monoisotopic (exact) mass is 307 g/mol. The van der Waals surface area contributed by atoms with E-state index in [-0.39, 0.29) is 29.5 Å². The number of aliphatic hydroxyl groups is 1. The van der Waals surface area contributed by atoms with E-state index in [2.05, 4.69) is 4.98 Å². The number of hydrogen-bond donors (Lipinski definition) is 2. The number of pyridine rings is 1. The summed E-state index contributed by atoms with van der Waals surface area (Å²) in [6, 6.07) is 2.06. The van der Waals surface area contributed by atoms with Crippen molar-refractivity contribution >= 4 is 23.0 Å². The van der Waals surface area contributed by atoms with Gasteiger partial charge in [-0.05, 0) is 18.6 Å². The fourth-order valence-corrected chi connectivity index (χ4v) is 1.91. The van der Waals surface area contributed by atoms with Crippen LogP contribution in [0.5, 0.6) is 0 Å². The van der Waals surface area contributed by atoms with Crippen LogP contribution in [0.3, 0.4) is 0 Å². The maximum absolute atomic E-state index is 12.7. The summed E-state index contributed by atoms with van der Waals surface area (Å²) in [5.74, 6) is 0.0585. The number of anilines is 1. The number of nitrogens with two attached hydrogens (primary N) is 1. The van der Waals surface area contributed by atoms with E-state index < -0.39 is 11.9 Å². The van der Waals surface area contributed by atoms with E-state index in [0.717, 1.165) is 6.07 Å². The van der Waals surface area contributed by atoms with Gasteiger partial charge in [-0.1, -0.05) is 19.1 Å². The highest BCUT2D eigenvalue weighted by Gasteiger charge is 2.33. The first kappa shape index (κ1) is 16.6. The molecule has 1 aromatic heterocycles. The largest absolute Gasteiger partial charge is 0.433 e. The number of halogens is 3. The standard InChI is InChI=1S/C12H16F3N3OS/c1-2-5-18(6-7-19)11-8(10(16)20)3-4-9(17-11)12(13,14)15/h3-4,19H,2,5-7H2,1H3,(H2,16,20). The SMILES string of the molecule is CCCN(CCO)c1nc(C(F)(F)F)ccc1C(N)=S. The molecule has 0 bridgehead atoms. The van der Waals surface area contributed by atoms with Crippen LogP contribution in [-0.2, 0) is 6.18 Å². The summed E-state index contributed by atoms with van der Waals surface area (Å²) in [5, 5.41) is 9.03. The number of nitrogens with zero attached hydrogens (tertiary/aromatic N) is 2. The van der Waals surface area contributed by atoms with Gasteiger partial charge in [-0.25, -0.2) is 4.98 Å².